The molecule has 0 fully saturated rings. The lowest BCUT2D eigenvalue weighted by Gasteiger charge is -2.12. The molecule has 0 spiro atoms. The second kappa shape index (κ2) is 4.96. The number of fused-ring (bicyclic) bond motifs is 1. The Morgan fingerprint density at radius 1 is 1.30 bits per heavy atom. The van der Waals surface area contributed by atoms with Crippen LogP contribution in [0.25, 0.3) is 0 Å². The van der Waals surface area contributed by atoms with Crippen LogP contribution in [0.15, 0.2) is 41.4 Å². The van der Waals surface area contributed by atoms with Crippen molar-refractivity contribution in [2.24, 2.45) is 0 Å². The molecule has 1 atom stereocenters. The summed E-state index contributed by atoms with van der Waals surface area (Å²) >= 11 is 0. The lowest BCUT2D eigenvalue weighted by Crippen LogP contribution is -2.23. The SMILES string of the molecule is Cc1nccc(CNC2CS(=O)(=O)c3ccccc32)n1. The van der Waals surface area contributed by atoms with E-state index < -0.39 is 9.84 Å². The highest BCUT2D eigenvalue weighted by molar-refractivity contribution is 7.91. The average molecular weight is 289 g/mol. The summed E-state index contributed by atoms with van der Waals surface area (Å²) in [5.41, 5.74) is 1.71. The predicted octanol–water partition coefficient (Wildman–Crippen LogP) is 1.40. The highest BCUT2D eigenvalue weighted by atomic mass is 32.2. The average Bonchev–Trinajstić information content (AvgIpc) is 2.69. The minimum absolute atomic E-state index is 0.108. The van der Waals surface area contributed by atoms with Gasteiger partial charge in [0, 0.05) is 18.8 Å². The van der Waals surface area contributed by atoms with E-state index in [1.807, 2.05) is 25.1 Å². The van der Waals surface area contributed by atoms with E-state index in [4.69, 9.17) is 0 Å². The molecular formula is C14H15N3O2S. The Morgan fingerprint density at radius 2 is 2.10 bits per heavy atom. The summed E-state index contributed by atoms with van der Waals surface area (Å²) in [7, 11) is -3.16. The van der Waals surface area contributed by atoms with E-state index in [-0.39, 0.29) is 11.8 Å². The van der Waals surface area contributed by atoms with E-state index >= 15 is 0 Å². The van der Waals surface area contributed by atoms with E-state index in [9.17, 15) is 8.42 Å². The molecule has 3 rings (SSSR count). The van der Waals surface area contributed by atoms with Crippen LogP contribution in [0.1, 0.15) is 23.1 Å². The molecule has 1 aromatic carbocycles. The van der Waals surface area contributed by atoms with Gasteiger partial charge in [0.15, 0.2) is 9.84 Å². The Kier molecular flexibility index (Phi) is 3.27. The minimum atomic E-state index is -3.16. The number of rotatable bonds is 3. The van der Waals surface area contributed by atoms with Crippen LogP contribution < -0.4 is 5.32 Å². The molecule has 0 aliphatic carbocycles. The molecule has 104 valence electrons. The number of nitrogens with one attached hydrogen (secondary N) is 1. The zero-order valence-electron chi connectivity index (χ0n) is 11.1. The molecule has 0 bridgehead atoms. The molecule has 1 aliphatic heterocycles. The molecule has 1 aliphatic rings. The zero-order chi connectivity index (χ0) is 14.2. The fourth-order valence-corrected chi connectivity index (χ4v) is 4.22. The molecular weight excluding hydrogens is 274 g/mol. The van der Waals surface area contributed by atoms with Crippen molar-refractivity contribution in [2.75, 3.05) is 5.75 Å². The maximum Gasteiger partial charge on any atom is 0.180 e. The van der Waals surface area contributed by atoms with Crippen molar-refractivity contribution in [2.45, 2.75) is 24.4 Å². The lowest BCUT2D eigenvalue weighted by molar-refractivity contribution is 0.560. The number of aryl methyl sites for hydroxylation is 1. The number of sulfone groups is 1. The monoisotopic (exact) mass is 289 g/mol. The van der Waals surface area contributed by atoms with Gasteiger partial charge in [0.2, 0.25) is 0 Å². The van der Waals surface area contributed by atoms with E-state index in [2.05, 4.69) is 15.3 Å². The lowest BCUT2D eigenvalue weighted by atomic mass is 10.1. The number of benzene rings is 1. The van der Waals surface area contributed by atoms with Crippen molar-refractivity contribution >= 4 is 9.84 Å². The van der Waals surface area contributed by atoms with E-state index in [0.717, 1.165) is 11.3 Å². The Morgan fingerprint density at radius 3 is 2.90 bits per heavy atom. The molecule has 0 saturated carbocycles. The van der Waals surface area contributed by atoms with Crippen LogP contribution in [0.2, 0.25) is 0 Å². The van der Waals surface area contributed by atoms with Crippen molar-refractivity contribution in [3.05, 3.63) is 53.6 Å². The highest BCUT2D eigenvalue weighted by Crippen LogP contribution is 2.32. The largest absolute Gasteiger partial charge is 0.303 e. The van der Waals surface area contributed by atoms with E-state index in [1.54, 1.807) is 18.3 Å². The van der Waals surface area contributed by atoms with Gasteiger partial charge in [0.05, 0.1) is 16.3 Å². The van der Waals surface area contributed by atoms with Gasteiger partial charge in [-0.3, -0.25) is 0 Å². The molecule has 1 N–H and O–H groups in total. The van der Waals surface area contributed by atoms with Gasteiger partial charge < -0.3 is 5.32 Å². The van der Waals surface area contributed by atoms with Crippen molar-refractivity contribution < 1.29 is 8.42 Å². The van der Waals surface area contributed by atoms with Crippen LogP contribution >= 0.6 is 0 Å². The molecule has 1 unspecified atom stereocenters. The Hall–Kier alpha value is -1.79. The topological polar surface area (TPSA) is 72.0 Å². The van der Waals surface area contributed by atoms with Crippen LogP contribution in [0.4, 0.5) is 0 Å². The summed E-state index contributed by atoms with van der Waals surface area (Å²) in [5, 5.41) is 3.27. The molecule has 2 heterocycles. The van der Waals surface area contributed by atoms with Gasteiger partial charge >= 0.3 is 0 Å². The first kappa shape index (κ1) is 13.2. The van der Waals surface area contributed by atoms with Gasteiger partial charge in [0.1, 0.15) is 5.82 Å². The van der Waals surface area contributed by atoms with E-state index in [1.165, 1.54) is 0 Å². The molecule has 2 aromatic rings. The Balaban J connectivity index is 1.80. The van der Waals surface area contributed by atoms with Crippen molar-refractivity contribution in [3.8, 4) is 0 Å². The third-order valence-electron chi connectivity index (χ3n) is 3.38. The standard InChI is InChI=1S/C14H15N3O2S/c1-10-15-7-6-11(17-10)8-16-13-9-20(18,19)14-5-3-2-4-12(13)14/h2-7,13,16H,8-9H2,1H3. The molecule has 0 saturated heterocycles. The first-order valence-electron chi connectivity index (χ1n) is 6.40. The quantitative estimate of drug-likeness (QED) is 0.925. The third-order valence-corrected chi connectivity index (χ3v) is 5.19. The van der Waals surface area contributed by atoms with Crippen LogP contribution in [0, 0.1) is 6.92 Å². The third kappa shape index (κ3) is 2.44. The van der Waals surface area contributed by atoms with E-state index in [0.29, 0.717) is 17.3 Å². The summed E-state index contributed by atoms with van der Waals surface area (Å²) in [6.07, 6.45) is 1.71. The van der Waals surface area contributed by atoms with Crippen LogP contribution in [-0.2, 0) is 16.4 Å². The maximum absolute atomic E-state index is 12.1. The number of nitrogens with zero attached hydrogens (tertiary/aromatic N) is 2. The fraction of sp³-hybridized carbons (Fsp3) is 0.286. The van der Waals surface area contributed by atoms with Gasteiger partial charge in [-0.1, -0.05) is 18.2 Å². The van der Waals surface area contributed by atoms with Gasteiger partial charge in [-0.05, 0) is 24.6 Å². The summed E-state index contributed by atoms with van der Waals surface area (Å²) in [6.45, 7) is 2.36. The smallest absolute Gasteiger partial charge is 0.180 e. The summed E-state index contributed by atoms with van der Waals surface area (Å²) in [4.78, 5) is 8.79. The zero-order valence-corrected chi connectivity index (χ0v) is 11.9. The number of hydrogen-bond acceptors (Lipinski definition) is 5. The van der Waals surface area contributed by atoms with Crippen LogP contribution in [0.5, 0.6) is 0 Å². The maximum atomic E-state index is 12.1. The van der Waals surface area contributed by atoms with Gasteiger partial charge in [0.25, 0.3) is 0 Å². The molecule has 1 aromatic heterocycles. The molecule has 5 nitrogen and oxygen atoms in total. The molecule has 0 amide bonds. The summed E-state index contributed by atoms with van der Waals surface area (Å²) in [5.74, 6) is 0.819. The normalized spacial score (nSPS) is 19.8. The van der Waals surface area contributed by atoms with Gasteiger partial charge in [-0.25, -0.2) is 18.4 Å². The first-order valence-corrected chi connectivity index (χ1v) is 8.05. The second-order valence-corrected chi connectivity index (χ2v) is 6.85. The molecule has 20 heavy (non-hydrogen) atoms. The Bertz CT molecular complexity index is 744. The van der Waals surface area contributed by atoms with Crippen molar-refractivity contribution in [1.29, 1.82) is 0 Å². The van der Waals surface area contributed by atoms with Crippen LogP contribution in [-0.4, -0.2) is 24.1 Å². The van der Waals surface area contributed by atoms with Gasteiger partial charge in [-0.15, -0.1) is 0 Å². The van der Waals surface area contributed by atoms with Crippen molar-refractivity contribution in [3.63, 3.8) is 0 Å². The fourth-order valence-electron chi connectivity index (χ4n) is 2.45. The summed E-state index contributed by atoms with van der Waals surface area (Å²) in [6, 6.07) is 8.81. The number of aromatic nitrogens is 2. The minimum Gasteiger partial charge on any atom is -0.303 e. The summed E-state index contributed by atoms with van der Waals surface area (Å²) < 4.78 is 24.1. The molecule has 0 radical (unpaired) electrons. The second-order valence-electron chi connectivity index (χ2n) is 4.85. The van der Waals surface area contributed by atoms with Gasteiger partial charge in [-0.2, -0.15) is 0 Å². The first-order chi connectivity index (χ1) is 9.56. The highest BCUT2D eigenvalue weighted by Gasteiger charge is 2.33. The van der Waals surface area contributed by atoms with Crippen molar-refractivity contribution in [1.82, 2.24) is 15.3 Å². The molecule has 6 heteroatoms. The predicted molar refractivity (Wildman–Crippen MR) is 74.8 cm³/mol. The van der Waals surface area contributed by atoms with Crippen LogP contribution in [0.3, 0.4) is 0 Å². The number of hydrogen-bond donors (Lipinski definition) is 1. The Labute approximate surface area is 118 Å².